The molecule has 0 atom stereocenters. The third kappa shape index (κ3) is 4.07. The average molecular weight is 408 g/mol. The first-order valence-corrected chi connectivity index (χ1v) is 10.1. The van der Waals surface area contributed by atoms with Gasteiger partial charge >= 0.3 is 0 Å². The van der Waals surface area contributed by atoms with Gasteiger partial charge in [-0.25, -0.2) is 4.98 Å². The zero-order valence-electron chi connectivity index (χ0n) is 16.2. The van der Waals surface area contributed by atoms with Crippen LogP contribution in [0.2, 0.25) is 5.02 Å². The zero-order chi connectivity index (χ0) is 20.2. The van der Waals surface area contributed by atoms with Crippen LogP contribution in [0.5, 0.6) is 0 Å². The van der Waals surface area contributed by atoms with Crippen LogP contribution in [-0.4, -0.2) is 31.9 Å². The van der Waals surface area contributed by atoms with Gasteiger partial charge in [-0.3, -0.25) is 9.20 Å². The predicted molar refractivity (Wildman–Crippen MR) is 116 cm³/mol. The average Bonchev–Trinajstić information content (AvgIpc) is 3.13. The Morgan fingerprint density at radius 2 is 1.83 bits per heavy atom. The highest BCUT2D eigenvalue weighted by atomic mass is 35.5. The predicted octanol–water partition coefficient (Wildman–Crippen LogP) is 5.09. The number of hydrogen-bond donors (Lipinski definition) is 1. The van der Waals surface area contributed by atoms with Crippen molar-refractivity contribution >= 4 is 39.9 Å². The number of benzene rings is 2. The van der Waals surface area contributed by atoms with Crippen molar-refractivity contribution in [1.29, 1.82) is 0 Å². The number of carbonyl (C=O) groups excluding carboxylic acids is 1. The lowest BCUT2D eigenvalue weighted by molar-refractivity contribution is 0.0979. The SMILES string of the molecule is Cc1nnc2c(NCCCCCC(=O)c3ccccc3Cl)nc3ccccc3n12. The zero-order valence-corrected chi connectivity index (χ0v) is 17.0. The van der Waals surface area contributed by atoms with Crippen LogP contribution < -0.4 is 5.32 Å². The van der Waals surface area contributed by atoms with E-state index in [1.165, 1.54) is 0 Å². The molecular weight excluding hydrogens is 386 g/mol. The Hall–Kier alpha value is -2.99. The summed E-state index contributed by atoms with van der Waals surface area (Å²) in [4.78, 5) is 17.0. The van der Waals surface area contributed by atoms with Gasteiger partial charge in [0.1, 0.15) is 5.82 Å². The van der Waals surface area contributed by atoms with Gasteiger partial charge in [-0.15, -0.1) is 10.2 Å². The quantitative estimate of drug-likeness (QED) is 0.325. The number of rotatable bonds is 8. The summed E-state index contributed by atoms with van der Waals surface area (Å²) in [5.41, 5.74) is 3.23. The number of anilines is 1. The molecule has 0 bridgehead atoms. The van der Waals surface area contributed by atoms with Gasteiger partial charge in [0.05, 0.1) is 16.1 Å². The smallest absolute Gasteiger partial charge is 0.204 e. The minimum Gasteiger partial charge on any atom is -0.367 e. The summed E-state index contributed by atoms with van der Waals surface area (Å²) < 4.78 is 2.02. The number of aromatic nitrogens is 4. The lowest BCUT2D eigenvalue weighted by Gasteiger charge is -2.09. The molecule has 0 aliphatic rings. The van der Waals surface area contributed by atoms with Crippen LogP contribution in [-0.2, 0) is 0 Å². The Balaban J connectivity index is 1.33. The Bertz CT molecular complexity index is 1170. The van der Waals surface area contributed by atoms with E-state index >= 15 is 0 Å². The lowest BCUT2D eigenvalue weighted by Crippen LogP contribution is -2.07. The van der Waals surface area contributed by atoms with Crippen molar-refractivity contribution < 1.29 is 4.79 Å². The van der Waals surface area contributed by atoms with Gasteiger partial charge in [0, 0.05) is 18.5 Å². The van der Waals surface area contributed by atoms with Crippen molar-refractivity contribution in [3.63, 3.8) is 0 Å². The number of unbranched alkanes of at least 4 members (excludes halogenated alkanes) is 2. The Morgan fingerprint density at radius 3 is 2.69 bits per heavy atom. The van der Waals surface area contributed by atoms with Crippen molar-refractivity contribution in [2.45, 2.75) is 32.6 Å². The molecule has 0 radical (unpaired) electrons. The van der Waals surface area contributed by atoms with Crippen molar-refractivity contribution in [3.8, 4) is 0 Å². The Labute approximate surface area is 173 Å². The molecule has 0 saturated carbocycles. The van der Waals surface area contributed by atoms with E-state index in [0.29, 0.717) is 17.0 Å². The number of aryl methyl sites for hydroxylation is 1. The maximum atomic E-state index is 12.3. The summed E-state index contributed by atoms with van der Waals surface area (Å²) in [5, 5.41) is 12.4. The number of ketones is 1. The van der Waals surface area contributed by atoms with Gasteiger partial charge in [0.25, 0.3) is 0 Å². The van der Waals surface area contributed by atoms with Crippen LogP contribution in [0.25, 0.3) is 16.7 Å². The van der Waals surface area contributed by atoms with Gasteiger partial charge in [-0.2, -0.15) is 0 Å². The molecule has 1 N–H and O–H groups in total. The van der Waals surface area contributed by atoms with Crippen LogP contribution in [0.15, 0.2) is 48.5 Å². The number of nitrogens with zero attached hydrogens (tertiary/aromatic N) is 4. The lowest BCUT2D eigenvalue weighted by atomic mass is 10.0. The fraction of sp³-hybridized carbons (Fsp3) is 0.273. The van der Waals surface area contributed by atoms with E-state index in [-0.39, 0.29) is 5.78 Å². The molecule has 0 aliphatic heterocycles. The summed E-state index contributed by atoms with van der Waals surface area (Å²) in [5.74, 6) is 1.66. The fourth-order valence-electron chi connectivity index (χ4n) is 3.46. The standard InChI is InChI=1S/C22H22ClN5O/c1-15-26-27-22-21(25-18-11-6-7-12-19(18)28(15)22)24-14-8-2-3-13-20(29)16-9-4-5-10-17(16)23/h4-7,9-12H,2-3,8,13-14H2,1H3,(H,24,25). The van der Waals surface area contributed by atoms with E-state index in [1.807, 2.05) is 47.7 Å². The summed E-state index contributed by atoms with van der Waals surface area (Å²) in [6.45, 7) is 2.69. The van der Waals surface area contributed by atoms with Gasteiger partial charge in [-0.05, 0) is 44.0 Å². The molecule has 6 nitrogen and oxygen atoms in total. The summed E-state index contributed by atoms with van der Waals surface area (Å²) >= 11 is 6.09. The first kappa shape index (κ1) is 19.3. The number of carbonyl (C=O) groups is 1. The molecule has 0 aliphatic carbocycles. The topological polar surface area (TPSA) is 72.2 Å². The molecule has 2 heterocycles. The minimum atomic E-state index is 0.0976. The first-order chi connectivity index (χ1) is 14.1. The first-order valence-electron chi connectivity index (χ1n) is 9.77. The van der Waals surface area contributed by atoms with Gasteiger partial charge < -0.3 is 5.32 Å². The fourth-order valence-corrected chi connectivity index (χ4v) is 3.70. The van der Waals surface area contributed by atoms with Crippen LogP contribution in [0.1, 0.15) is 41.9 Å². The molecule has 0 unspecified atom stereocenters. The van der Waals surface area contributed by atoms with E-state index in [9.17, 15) is 4.79 Å². The van der Waals surface area contributed by atoms with Gasteiger partial charge in [0.2, 0.25) is 5.65 Å². The molecule has 4 rings (SSSR count). The molecule has 0 amide bonds. The molecule has 0 saturated heterocycles. The minimum absolute atomic E-state index is 0.0976. The Morgan fingerprint density at radius 1 is 1.03 bits per heavy atom. The van der Waals surface area contributed by atoms with Crippen LogP contribution in [0, 0.1) is 6.92 Å². The summed E-state index contributed by atoms with van der Waals surface area (Å²) in [6, 6.07) is 15.2. The molecule has 2 aromatic carbocycles. The van der Waals surface area contributed by atoms with E-state index in [1.54, 1.807) is 12.1 Å². The van der Waals surface area contributed by atoms with Crippen LogP contribution in [0.4, 0.5) is 5.82 Å². The van der Waals surface area contributed by atoms with E-state index < -0.39 is 0 Å². The van der Waals surface area contributed by atoms with Crippen molar-refractivity contribution in [1.82, 2.24) is 19.6 Å². The number of para-hydroxylation sites is 2. The molecule has 29 heavy (non-hydrogen) atoms. The molecule has 4 aromatic rings. The molecule has 148 valence electrons. The van der Waals surface area contributed by atoms with Gasteiger partial charge in [-0.1, -0.05) is 42.3 Å². The maximum Gasteiger partial charge on any atom is 0.204 e. The normalized spacial score (nSPS) is 11.2. The Kier molecular flexibility index (Phi) is 5.71. The molecule has 2 aromatic heterocycles. The second kappa shape index (κ2) is 8.57. The maximum absolute atomic E-state index is 12.3. The highest BCUT2D eigenvalue weighted by Crippen LogP contribution is 2.22. The largest absolute Gasteiger partial charge is 0.367 e. The van der Waals surface area contributed by atoms with Gasteiger partial charge in [0.15, 0.2) is 11.6 Å². The number of halogens is 1. The van der Waals surface area contributed by atoms with E-state index in [0.717, 1.165) is 54.1 Å². The molecule has 0 fully saturated rings. The molecule has 0 spiro atoms. The van der Waals surface area contributed by atoms with Crippen LogP contribution in [0.3, 0.4) is 0 Å². The number of fused-ring (bicyclic) bond motifs is 3. The highest BCUT2D eigenvalue weighted by Gasteiger charge is 2.12. The van der Waals surface area contributed by atoms with E-state index in [4.69, 9.17) is 16.6 Å². The number of hydrogen-bond acceptors (Lipinski definition) is 5. The third-order valence-corrected chi connectivity index (χ3v) is 5.27. The number of Topliss-reactive ketones (excluding diaryl/α,β-unsaturated/α-hetero) is 1. The summed E-state index contributed by atoms with van der Waals surface area (Å²) in [6.07, 6.45) is 3.21. The third-order valence-electron chi connectivity index (χ3n) is 4.94. The summed E-state index contributed by atoms with van der Waals surface area (Å²) in [7, 11) is 0. The number of nitrogens with one attached hydrogen (secondary N) is 1. The second-order valence-electron chi connectivity index (χ2n) is 7.00. The highest BCUT2D eigenvalue weighted by molar-refractivity contribution is 6.33. The van der Waals surface area contributed by atoms with E-state index in [2.05, 4.69) is 15.5 Å². The second-order valence-corrected chi connectivity index (χ2v) is 7.40. The molecule has 7 heteroatoms. The monoisotopic (exact) mass is 407 g/mol. The van der Waals surface area contributed by atoms with Crippen LogP contribution >= 0.6 is 11.6 Å². The van der Waals surface area contributed by atoms with Crippen molar-refractivity contribution in [2.75, 3.05) is 11.9 Å². The van der Waals surface area contributed by atoms with Crippen molar-refractivity contribution in [3.05, 3.63) is 64.9 Å². The van der Waals surface area contributed by atoms with Crippen molar-refractivity contribution in [2.24, 2.45) is 0 Å². The molecular formula is C22H22ClN5O.